The van der Waals surface area contributed by atoms with Crippen LogP contribution in [-0.2, 0) is 0 Å². The molecule has 1 N–H and O–H groups in total. The Kier molecular flexibility index (Phi) is 3.93. The topological polar surface area (TPSA) is 32.6 Å². The molecule has 0 aliphatic heterocycles. The van der Waals surface area contributed by atoms with Gasteiger partial charge in [-0.05, 0) is 6.92 Å². The smallest absolute Gasteiger partial charge is 0.116 e. The largest absolute Gasteiger partial charge is 0.411 e. The second kappa shape index (κ2) is 4.77. The molecule has 4 heteroatoms. The van der Waals surface area contributed by atoms with Gasteiger partial charge in [0.15, 0.2) is 0 Å². The molecule has 0 aromatic heterocycles. The Hall–Kier alpha value is -0.350. The molecule has 0 unspecified atom stereocenters. The fraction of sp³-hybridized carbons (Fsp3) is 0.222. The fourth-order valence-electron chi connectivity index (χ4n) is 0.952. The van der Waals surface area contributed by atoms with Gasteiger partial charge in [0.05, 0.1) is 0 Å². The van der Waals surface area contributed by atoms with Gasteiger partial charge >= 0.3 is 0 Å². The predicted octanol–water partition coefficient (Wildman–Crippen LogP) is 3.29. The Morgan fingerprint density at radius 1 is 1.31 bits per heavy atom. The molecule has 0 bridgehead atoms. The molecule has 1 aromatic rings. The first-order valence-electron chi connectivity index (χ1n) is 3.72. The lowest BCUT2D eigenvalue weighted by atomic mass is 10.1. The molecule has 0 spiro atoms. The van der Waals surface area contributed by atoms with Gasteiger partial charge in [0.25, 0.3) is 0 Å². The molecule has 0 fully saturated rings. The van der Waals surface area contributed by atoms with E-state index in [0.717, 1.165) is 5.56 Å². The van der Waals surface area contributed by atoms with E-state index in [1.54, 1.807) is 0 Å². The molecule has 2 nitrogen and oxygen atoms in total. The van der Waals surface area contributed by atoms with Crippen molar-refractivity contribution >= 4 is 37.6 Å². The molecule has 70 valence electrons. The zero-order valence-corrected chi connectivity index (χ0v) is 10.2. The summed E-state index contributed by atoms with van der Waals surface area (Å²) >= 11 is 6.56. The van der Waals surface area contributed by atoms with Crippen LogP contribution in [0.25, 0.3) is 0 Å². The van der Waals surface area contributed by atoms with Gasteiger partial charge in [-0.2, -0.15) is 0 Å². The Balaban J connectivity index is 3.00. The number of hydrogen-bond acceptors (Lipinski definition) is 2. The number of aryl methyl sites for hydroxylation is 1. The molecule has 0 heterocycles. The molecule has 0 aliphatic rings. The number of benzene rings is 1. The van der Waals surface area contributed by atoms with Crippen molar-refractivity contribution in [1.82, 2.24) is 0 Å². The van der Waals surface area contributed by atoms with Crippen LogP contribution < -0.4 is 0 Å². The summed E-state index contributed by atoms with van der Waals surface area (Å²) in [4.78, 5) is 0. The van der Waals surface area contributed by atoms with Gasteiger partial charge < -0.3 is 5.21 Å². The summed E-state index contributed by atoms with van der Waals surface area (Å²) in [5.41, 5.74) is 2.65. The van der Waals surface area contributed by atoms with Crippen molar-refractivity contribution in [1.29, 1.82) is 0 Å². The summed E-state index contributed by atoms with van der Waals surface area (Å²) in [6.07, 6.45) is 0. The Morgan fingerprint density at radius 3 is 2.23 bits per heavy atom. The monoisotopic (exact) mass is 305 g/mol. The number of nitrogens with zero attached hydrogens (tertiary/aromatic N) is 1. The normalized spacial score (nSPS) is 12.2. The van der Waals surface area contributed by atoms with Crippen LogP contribution in [0.2, 0.25) is 0 Å². The van der Waals surface area contributed by atoms with Crippen LogP contribution >= 0.6 is 31.9 Å². The van der Waals surface area contributed by atoms with Crippen molar-refractivity contribution in [2.45, 2.75) is 10.7 Å². The average molecular weight is 307 g/mol. The maximum absolute atomic E-state index is 8.75. The number of rotatable bonds is 2. The highest BCUT2D eigenvalue weighted by atomic mass is 79.9. The zero-order chi connectivity index (χ0) is 9.84. The maximum atomic E-state index is 8.75. The Morgan fingerprint density at radius 2 is 1.85 bits per heavy atom. The predicted molar refractivity (Wildman–Crippen MR) is 61.1 cm³/mol. The van der Waals surface area contributed by atoms with Gasteiger partial charge in [0.1, 0.15) is 9.45 Å². The first kappa shape index (κ1) is 10.7. The molecule has 0 radical (unpaired) electrons. The lowest BCUT2D eigenvalue weighted by Crippen LogP contribution is -2.08. The van der Waals surface area contributed by atoms with Gasteiger partial charge in [-0.25, -0.2) is 0 Å². The Labute approximate surface area is 93.9 Å². The molecule has 0 saturated carbocycles. The second-order valence-corrected chi connectivity index (χ2v) is 5.71. The first-order chi connectivity index (χ1) is 6.15. The van der Waals surface area contributed by atoms with E-state index >= 15 is 0 Å². The van der Waals surface area contributed by atoms with Crippen molar-refractivity contribution in [2.24, 2.45) is 5.16 Å². The van der Waals surface area contributed by atoms with Gasteiger partial charge in [-0.15, -0.1) is 0 Å². The highest BCUT2D eigenvalue weighted by molar-refractivity contribution is 9.25. The van der Waals surface area contributed by atoms with Gasteiger partial charge in [-0.3, -0.25) is 0 Å². The molecule has 0 aliphatic carbocycles. The highest BCUT2D eigenvalue weighted by Gasteiger charge is 2.11. The summed E-state index contributed by atoms with van der Waals surface area (Å²) in [6.45, 7) is 2.01. The molecule has 0 saturated heterocycles. The van der Waals surface area contributed by atoms with E-state index in [-0.39, 0.29) is 3.74 Å². The summed E-state index contributed by atoms with van der Waals surface area (Å²) in [5.74, 6) is 0. The molecule has 1 aromatic carbocycles. The van der Waals surface area contributed by atoms with E-state index in [0.29, 0.717) is 5.71 Å². The van der Waals surface area contributed by atoms with Gasteiger partial charge in [0, 0.05) is 5.56 Å². The SMILES string of the molecule is Cc1ccc(/C(=N/O)C(Br)Br)cc1. The highest BCUT2D eigenvalue weighted by Crippen LogP contribution is 2.17. The summed E-state index contributed by atoms with van der Waals surface area (Å²) in [7, 11) is 0. The third-order valence-corrected chi connectivity index (χ3v) is 2.53. The number of halogens is 2. The van der Waals surface area contributed by atoms with E-state index in [2.05, 4.69) is 37.0 Å². The van der Waals surface area contributed by atoms with E-state index in [1.807, 2.05) is 31.2 Å². The molecular weight excluding hydrogens is 298 g/mol. The average Bonchev–Trinajstić information content (AvgIpc) is 2.09. The number of hydrogen-bond donors (Lipinski definition) is 1. The number of oxime groups is 1. The van der Waals surface area contributed by atoms with Crippen molar-refractivity contribution in [2.75, 3.05) is 0 Å². The van der Waals surface area contributed by atoms with Gasteiger partial charge in [-0.1, -0.05) is 66.8 Å². The fourth-order valence-corrected chi connectivity index (χ4v) is 1.66. The van der Waals surface area contributed by atoms with Crippen molar-refractivity contribution < 1.29 is 5.21 Å². The minimum atomic E-state index is -0.132. The molecule has 0 atom stereocenters. The molecular formula is C9H9Br2NO. The van der Waals surface area contributed by atoms with Crippen LogP contribution in [0.5, 0.6) is 0 Å². The van der Waals surface area contributed by atoms with Gasteiger partial charge in [0.2, 0.25) is 0 Å². The zero-order valence-electron chi connectivity index (χ0n) is 7.04. The van der Waals surface area contributed by atoms with Crippen LogP contribution in [0.3, 0.4) is 0 Å². The third kappa shape index (κ3) is 2.81. The van der Waals surface area contributed by atoms with Crippen molar-refractivity contribution in [3.05, 3.63) is 35.4 Å². The minimum Gasteiger partial charge on any atom is -0.411 e. The maximum Gasteiger partial charge on any atom is 0.116 e. The second-order valence-electron chi connectivity index (χ2n) is 2.65. The van der Waals surface area contributed by atoms with E-state index < -0.39 is 0 Å². The minimum absolute atomic E-state index is 0.132. The quantitative estimate of drug-likeness (QED) is 0.387. The van der Waals surface area contributed by atoms with Crippen LogP contribution in [-0.4, -0.2) is 14.7 Å². The molecule has 1 rings (SSSR count). The first-order valence-corrected chi connectivity index (χ1v) is 5.55. The van der Waals surface area contributed by atoms with Crippen LogP contribution in [0.1, 0.15) is 11.1 Å². The van der Waals surface area contributed by atoms with E-state index in [1.165, 1.54) is 5.56 Å². The van der Waals surface area contributed by atoms with Crippen molar-refractivity contribution in [3.8, 4) is 0 Å². The van der Waals surface area contributed by atoms with E-state index in [9.17, 15) is 0 Å². The number of alkyl halides is 2. The molecule has 13 heavy (non-hydrogen) atoms. The third-order valence-electron chi connectivity index (χ3n) is 1.66. The summed E-state index contributed by atoms with van der Waals surface area (Å²) in [6, 6.07) is 7.78. The molecule has 0 amide bonds. The van der Waals surface area contributed by atoms with Crippen LogP contribution in [0.15, 0.2) is 29.4 Å². The lowest BCUT2D eigenvalue weighted by molar-refractivity contribution is 0.319. The standard InChI is InChI=1S/C9H9Br2NO/c1-6-2-4-7(5-3-6)8(12-13)9(10)11/h2-5,9,13H,1H3/b12-8-. The lowest BCUT2D eigenvalue weighted by Gasteiger charge is -2.05. The summed E-state index contributed by atoms with van der Waals surface area (Å²) in [5, 5.41) is 12.0. The summed E-state index contributed by atoms with van der Waals surface area (Å²) < 4.78 is -0.132. The van der Waals surface area contributed by atoms with E-state index in [4.69, 9.17) is 5.21 Å². The van der Waals surface area contributed by atoms with Crippen LogP contribution in [0, 0.1) is 6.92 Å². The Bertz CT molecular complexity index is 306. The van der Waals surface area contributed by atoms with Crippen molar-refractivity contribution in [3.63, 3.8) is 0 Å². The van der Waals surface area contributed by atoms with Crippen LogP contribution in [0.4, 0.5) is 0 Å².